The molecule has 0 aliphatic rings. The molecule has 0 bridgehead atoms. The highest BCUT2D eigenvalue weighted by Gasteiger charge is 2.21. The van der Waals surface area contributed by atoms with Crippen LogP contribution in [0.5, 0.6) is 0 Å². The molecule has 0 unspecified atom stereocenters. The second-order valence-corrected chi connectivity index (χ2v) is 6.89. The molecule has 0 saturated heterocycles. The highest BCUT2D eigenvalue weighted by Crippen LogP contribution is 2.25. The topological polar surface area (TPSA) is 133 Å². The van der Waals surface area contributed by atoms with Crippen molar-refractivity contribution in [2.45, 2.75) is 9.79 Å². The van der Waals surface area contributed by atoms with Crippen LogP contribution in [0.1, 0.15) is 10.5 Å². The van der Waals surface area contributed by atoms with Gasteiger partial charge in [0.2, 0.25) is 9.84 Å². The van der Waals surface area contributed by atoms with Crippen LogP contribution in [-0.2, 0) is 9.84 Å². The zero-order valence-corrected chi connectivity index (χ0v) is 13.2. The summed E-state index contributed by atoms with van der Waals surface area (Å²) in [6.07, 6.45) is 0. The lowest BCUT2D eigenvalue weighted by Crippen LogP contribution is -2.14. The van der Waals surface area contributed by atoms with Gasteiger partial charge in [-0.15, -0.1) is 0 Å². The number of non-ortho nitro benzene ring substituents is 1. The number of carbonyl (C=O) groups excluding carboxylic acids is 1. The van der Waals surface area contributed by atoms with E-state index in [9.17, 15) is 23.3 Å². The first-order chi connectivity index (χ1) is 10.2. The molecule has 0 fully saturated rings. The molecule has 0 radical (unpaired) electrons. The molecule has 1 heterocycles. The van der Waals surface area contributed by atoms with E-state index in [0.717, 1.165) is 30.3 Å². The molecule has 2 aromatic rings. The molecule has 22 heavy (non-hydrogen) atoms. The maximum Gasteiger partial charge on any atom is 0.269 e. The van der Waals surface area contributed by atoms with E-state index >= 15 is 0 Å². The number of hydrogen-bond donors (Lipinski definition) is 1. The molecule has 1 aromatic heterocycles. The minimum absolute atomic E-state index is 0.129. The summed E-state index contributed by atoms with van der Waals surface area (Å²) in [5, 5.41) is 10.6. The van der Waals surface area contributed by atoms with Gasteiger partial charge in [-0.25, -0.2) is 13.4 Å². The highest BCUT2D eigenvalue weighted by atomic mass is 79.9. The van der Waals surface area contributed by atoms with Gasteiger partial charge in [-0.2, -0.15) is 0 Å². The number of primary amides is 1. The molecule has 1 aromatic carbocycles. The van der Waals surface area contributed by atoms with E-state index in [0.29, 0.717) is 0 Å². The van der Waals surface area contributed by atoms with Gasteiger partial charge in [0.05, 0.1) is 14.7 Å². The number of benzene rings is 1. The van der Waals surface area contributed by atoms with Crippen LogP contribution in [0.3, 0.4) is 0 Å². The lowest BCUT2D eigenvalue weighted by atomic mass is 10.3. The lowest BCUT2D eigenvalue weighted by molar-refractivity contribution is -0.384. The van der Waals surface area contributed by atoms with Crippen LogP contribution < -0.4 is 5.73 Å². The molecule has 2 N–H and O–H groups in total. The molecular weight excluding hydrogens is 378 g/mol. The lowest BCUT2D eigenvalue weighted by Gasteiger charge is -2.06. The van der Waals surface area contributed by atoms with Crippen LogP contribution in [0.15, 0.2) is 50.8 Å². The van der Waals surface area contributed by atoms with Gasteiger partial charge in [0, 0.05) is 12.1 Å². The van der Waals surface area contributed by atoms with Crippen molar-refractivity contribution in [2.24, 2.45) is 5.73 Å². The van der Waals surface area contributed by atoms with Gasteiger partial charge in [0.25, 0.3) is 11.6 Å². The van der Waals surface area contributed by atoms with Crippen LogP contribution in [0.25, 0.3) is 0 Å². The molecule has 10 heteroatoms. The van der Waals surface area contributed by atoms with Gasteiger partial charge >= 0.3 is 0 Å². The predicted octanol–water partition coefficient (Wildman–Crippen LogP) is 1.68. The third kappa shape index (κ3) is 3.12. The smallest absolute Gasteiger partial charge is 0.269 e. The Hall–Kier alpha value is -2.33. The third-order valence-corrected chi connectivity index (χ3v) is 4.84. The largest absolute Gasteiger partial charge is 0.364 e. The molecular formula is C12H8BrN3O5S. The quantitative estimate of drug-likeness (QED) is 0.483. The SMILES string of the molecule is NC(=O)c1cc(S(=O)(=O)c2ccc([N+](=O)[O-])cc2)cc(Br)n1. The number of nitrogens with two attached hydrogens (primary N) is 1. The molecule has 0 atom stereocenters. The fourth-order valence-corrected chi connectivity index (χ4v) is 3.53. The fraction of sp³-hybridized carbons (Fsp3) is 0. The average Bonchev–Trinajstić information content (AvgIpc) is 2.46. The van der Waals surface area contributed by atoms with Crippen LogP contribution in [0, 0.1) is 10.1 Å². The second-order valence-electron chi connectivity index (χ2n) is 4.13. The number of nitro benzene ring substituents is 1. The Morgan fingerprint density at radius 2 is 1.77 bits per heavy atom. The van der Waals surface area contributed by atoms with Crippen molar-refractivity contribution in [3.05, 3.63) is 56.8 Å². The minimum atomic E-state index is -3.96. The summed E-state index contributed by atoms with van der Waals surface area (Å²) in [4.78, 5) is 24.5. The Morgan fingerprint density at radius 3 is 2.27 bits per heavy atom. The molecule has 0 aliphatic heterocycles. The summed E-state index contributed by atoms with van der Waals surface area (Å²) >= 11 is 3.00. The van der Waals surface area contributed by atoms with Crippen molar-refractivity contribution < 1.29 is 18.1 Å². The standard InChI is InChI=1S/C12H8BrN3O5S/c13-11-6-9(5-10(15-11)12(14)17)22(20,21)8-3-1-7(2-4-8)16(18)19/h1-6H,(H2,14,17). The summed E-state index contributed by atoms with van der Waals surface area (Å²) in [5.74, 6) is -0.874. The van der Waals surface area contributed by atoms with E-state index < -0.39 is 20.7 Å². The molecule has 8 nitrogen and oxygen atoms in total. The Kier molecular flexibility index (Phi) is 4.24. The number of sulfone groups is 1. The molecule has 0 spiro atoms. The maximum absolute atomic E-state index is 12.5. The number of amides is 1. The number of hydrogen-bond acceptors (Lipinski definition) is 6. The molecule has 1 amide bonds. The van der Waals surface area contributed by atoms with Crippen LogP contribution >= 0.6 is 15.9 Å². The highest BCUT2D eigenvalue weighted by molar-refractivity contribution is 9.10. The van der Waals surface area contributed by atoms with Gasteiger partial charge in [-0.05, 0) is 40.2 Å². The van der Waals surface area contributed by atoms with Crippen molar-refractivity contribution in [3.8, 4) is 0 Å². The second kappa shape index (κ2) is 5.81. The Bertz CT molecular complexity index is 865. The Morgan fingerprint density at radius 1 is 1.18 bits per heavy atom. The molecule has 2 rings (SSSR count). The van der Waals surface area contributed by atoms with Crippen molar-refractivity contribution in [2.75, 3.05) is 0 Å². The number of nitro groups is 1. The number of rotatable bonds is 4. The summed E-state index contributed by atoms with van der Waals surface area (Å²) in [6, 6.07) is 6.65. The van der Waals surface area contributed by atoms with E-state index in [1.165, 1.54) is 6.07 Å². The van der Waals surface area contributed by atoms with Crippen molar-refractivity contribution in [3.63, 3.8) is 0 Å². The zero-order chi connectivity index (χ0) is 16.5. The number of nitrogens with zero attached hydrogens (tertiary/aromatic N) is 2. The van der Waals surface area contributed by atoms with E-state index in [4.69, 9.17) is 5.73 Å². The van der Waals surface area contributed by atoms with Gasteiger partial charge in [-0.1, -0.05) is 0 Å². The van der Waals surface area contributed by atoms with Gasteiger partial charge in [0.15, 0.2) is 0 Å². The Labute approximate surface area is 133 Å². The normalized spacial score (nSPS) is 11.1. The number of pyridine rings is 1. The van der Waals surface area contributed by atoms with E-state index in [1.54, 1.807) is 0 Å². The molecule has 0 saturated carbocycles. The number of aromatic nitrogens is 1. The van der Waals surface area contributed by atoms with Crippen molar-refractivity contribution in [1.82, 2.24) is 4.98 Å². The summed E-state index contributed by atoms with van der Waals surface area (Å²) in [7, 11) is -3.96. The van der Waals surface area contributed by atoms with Crippen molar-refractivity contribution in [1.29, 1.82) is 0 Å². The first kappa shape index (κ1) is 16.0. The zero-order valence-electron chi connectivity index (χ0n) is 10.8. The first-order valence-corrected chi connectivity index (χ1v) is 7.96. The summed E-state index contributed by atoms with van der Waals surface area (Å²) in [5.41, 5.74) is 4.65. The van der Waals surface area contributed by atoms with Crippen LogP contribution in [0.4, 0.5) is 5.69 Å². The molecule has 0 aliphatic carbocycles. The predicted molar refractivity (Wildman–Crippen MR) is 79.0 cm³/mol. The van der Waals surface area contributed by atoms with Gasteiger partial charge in [0.1, 0.15) is 10.3 Å². The number of halogens is 1. The first-order valence-electron chi connectivity index (χ1n) is 5.69. The average molecular weight is 386 g/mol. The van der Waals surface area contributed by atoms with Crippen LogP contribution in [-0.4, -0.2) is 24.2 Å². The number of carbonyl (C=O) groups is 1. The Balaban J connectivity index is 2.55. The van der Waals surface area contributed by atoms with Crippen LogP contribution in [0.2, 0.25) is 0 Å². The van der Waals surface area contributed by atoms with Crippen molar-refractivity contribution >= 4 is 37.4 Å². The summed E-state index contributed by atoms with van der Waals surface area (Å²) in [6.45, 7) is 0. The van der Waals surface area contributed by atoms with E-state index in [2.05, 4.69) is 20.9 Å². The minimum Gasteiger partial charge on any atom is -0.364 e. The molecule has 114 valence electrons. The van der Waals surface area contributed by atoms with E-state index in [1.807, 2.05) is 0 Å². The van der Waals surface area contributed by atoms with Gasteiger partial charge in [-0.3, -0.25) is 14.9 Å². The van der Waals surface area contributed by atoms with E-state index in [-0.39, 0.29) is 25.8 Å². The maximum atomic E-state index is 12.5. The van der Waals surface area contributed by atoms with Gasteiger partial charge < -0.3 is 5.73 Å². The third-order valence-electron chi connectivity index (χ3n) is 2.69. The summed E-state index contributed by atoms with van der Waals surface area (Å²) < 4.78 is 25.1. The monoisotopic (exact) mass is 385 g/mol. The fourth-order valence-electron chi connectivity index (χ4n) is 1.64.